The van der Waals surface area contributed by atoms with Crippen molar-refractivity contribution in [2.45, 2.75) is 0 Å². The zero-order valence-corrected chi connectivity index (χ0v) is 12.9. The normalized spacial score (nSPS) is 10.1. The number of amides is 2. The van der Waals surface area contributed by atoms with Crippen LogP contribution < -0.4 is 16.4 Å². The molecular weight excluding hydrogens is 325 g/mol. The summed E-state index contributed by atoms with van der Waals surface area (Å²) in [5.74, 6) is -0.785. The second-order valence-corrected chi connectivity index (χ2v) is 5.22. The van der Waals surface area contributed by atoms with Gasteiger partial charge in [-0.3, -0.25) is 9.59 Å². The summed E-state index contributed by atoms with van der Waals surface area (Å²) in [5, 5.41) is 6.02. The van der Waals surface area contributed by atoms with E-state index in [0.717, 1.165) is 0 Å². The molecule has 0 spiro atoms. The predicted octanol–water partition coefficient (Wildman–Crippen LogP) is 3.14. The lowest BCUT2D eigenvalue weighted by molar-refractivity contribution is -0.114. The molecule has 0 saturated carbocycles. The lowest BCUT2D eigenvalue weighted by Crippen LogP contribution is -2.23. The fourth-order valence-corrected chi connectivity index (χ4v) is 2.16. The molecule has 0 atom stereocenters. The molecule has 0 aliphatic heterocycles. The van der Waals surface area contributed by atoms with Crippen LogP contribution in [0.15, 0.2) is 42.5 Å². The highest BCUT2D eigenvalue weighted by Gasteiger charge is 2.13. The molecule has 22 heavy (non-hydrogen) atoms. The summed E-state index contributed by atoms with van der Waals surface area (Å²) >= 11 is 11.9. The van der Waals surface area contributed by atoms with E-state index < -0.39 is 11.8 Å². The van der Waals surface area contributed by atoms with E-state index in [9.17, 15) is 9.59 Å². The summed E-state index contributed by atoms with van der Waals surface area (Å²) in [6, 6.07) is 11.4. The van der Waals surface area contributed by atoms with Crippen molar-refractivity contribution in [3.8, 4) is 0 Å². The highest BCUT2D eigenvalue weighted by molar-refractivity contribution is 6.34. The van der Waals surface area contributed by atoms with Gasteiger partial charge in [-0.25, -0.2) is 0 Å². The van der Waals surface area contributed by atoms with Gasteiger partial charge in [0.15, 0.2) is 0 Å². The van der Waals surface area contributed by atoms with Crippen molar-refractivity contribution >= 4 is 46.4 Å². The molecule has 0 fully saturated rings. The number of hydrogen-bond donors (Lipinski definition) is 3. The summed E-state index contributed by atoms with van der Waals surface area (Å²) < 4.78 is 0. The van der Waals surface area contributed by atoms with Crippen LogP contribution in [0.2, 0.25) is 10.0 Å². The fraction of sp³-hybridized carbons (Fsp3) is 0.0667. The zero-order chi connectivity index (χ0) is 16.1. The monoisotopic (exact) mass is 337 g/mol. The van der Waals surface area contributed by atoms with Gasteiger partial charge in [0, 0.05) is 5.02 Å². The number of benzene rings is 2. The number of nitrogens with one attached hydrogen (secondary N) is 2. The van der Waals surface area contributed by atoms with Gasteiger partial charge < -0.3 is 16.4 Å². The molecule has 2 aromatic rings. The molecule has 0 bridgehead atoms. The van der Waals surface area contributed by atoms with Crippen LogP contribution in [0.25, 0.3) is 0 Å². The summed E-state index contributed by atoms with van der Waals surface area (Å²) in [6.07, 6.45) is 0. The van der Waals surface area contributed by atoms with Crippen molar-refractivity contribution in [2.75, 3.05) is 17.2 Å². The zero-order valence-electron chi connectivity index (χ0n) is 11.4. The quantitative estimate of drug-likeness (QED) is 0.801. The van der Waals surface area contributed by atoms with Crippen molar-refractivity contribution in [2.24, 2.45) is 5.73 Å². The number of rotatable bonds is 4. The van der Waals surface area contributed by atoms with E-state index >= 15 is 0 Å². The predicted molar refractivity (Wildman–Crippen MR) is 88.5 cm³/mol. The van der Waals surface area contributed by atoms with Gasteiger partial charge in [0.2, 0.25) is 5.91 Å². The minimum atomic E-state index is -0.393. The maximum atomic E-state index is 12.3. The second kappa shape index (κ2) is 7.26. The molecule has 0 unspecified atom stereocenters. The Kier molecular flexibility index (Phi) is 5.38. The SMILES string of the molecule is NCC(=O)Nc1cc(Cl)ccc1NC(=O)c1ccccc1Cl. The van der Waals surface area contributed by atoms with Crippen LogP contribution in [0, 0.1) is 0 Å². The van der Waals surface area contributed by atoms with E-state index in [4.69, 9.17) is 28.9 Å². The van der Waals surface area contributed by atoms with E-state index in [1.807, 2.05) is 0 Å². The largest absolute Gasteiger partial charge is 0.323 e. The number of halogens is 2. The van der Waals surface area contributed by atoms with Gasteiger partial charge >= 0.3 is 0 Å². The molecular formula is C15H13Cl2N3O2. The van der Waals surface area contributed by atoms with Gasteiger partial charge in [-0.05, 0) is 30.3 Å². The van der Waals surface area contributed by atoms with Gasteiger partial charge in [0.25, 0.3) is 5.91 Å². The third kappa shape index (κ3) is 3.98. The van der Waals surface area contributed by atoms with Crippen LogP contribution in [0.4, 0.5) is 11.4 Å². The van der Waals surface area contributed by atoms with E-state index in [0.29, 0.717) is 27.0 Å². The Hall–Kier alpha value is -2.08. The average molecular weight is 338 g/mol. The van der Waals surface area contributed by atoms with Gasteiger partial charge in [0.1, 0.15) is 0 Å². The maximum Gasteiger partial charge on any atom is 0.257 e. The van der Waals surface area contributed by atoms with Crippen molar-refractivity contribution in [1.82, 2.24) is 0 Å². The van der Waals surface area contributed by atoms with Crippen LogP contribution in [0.3, 0.4) is 0 Å². The Morgan fingerprint density at radius 2 is 1.73 bits per heavy atom. The molecule has 2 rings (SSSR count). The molecule has 0 radical (unpaired) electrons. The number of carbonyl (C=O) groups is 2. The minimum Gasteiger partial charge on any atom is -0.323 e. The van der Waals surface area contributed by atoms with Gasteiger partial charge in [0.05, 0.1) is 28.5 Å². The standard InChI is InChI=1S/C15H13Cl2N3O2/c16-9-5-6-12(13(7-9)19-14(21)8-18)20-15(22)10-3-1-2-4-11(10)17/h1-7H,8,18H2,(H,19,21)(H,20,22). The van der Waals surface area contributed by atoms with Crippen LogP contribution in [0.1, 0.15) is 10.4 Å². The van der Waals surface area contributed by atoms with Crippen LogP contribution in [-0.4, -0.2) is 18.4 Å². The van der Waals surface area contributed by atoms with Gasteiger partial charge in [-0.1, -0.05) is 35.3 Å². The Balaban J connectivity index is 2.27. The van der Waals surface area contributed by atoms with Crippen molar-refractivity contribution in [3.05, 3.63) is 58.1 Å². The molecule has 0 saturated heterocycles. The summed E-state index contributed by atoms with van der Waals surface area (Å²) in [7, 11) is 0. The summed E-state index contributed by atoms with van der Waals surface area (Å²) in [6.45, 7) is -0.176. The molecule has 2 aromatic carbocycles. The molecule has 4 N–H and O–H groups in total. The highest BCUT2D eigenvalue weighted by atomic mass is 35.5. The van der Waals surface area contributed by atoms with E-state index in [1.54, 1.807) is 36.4 Å². The third-order valence-electron chi connectivity index (χ3n) is 2.81. The number of anilines is 2. The van der Waals surface area contributed by atoms with Gasteiger partial charge in [-0.2, -0.15) is 0 Å². The van der Waals surface area contributed by atoms with E-state index in [1.165, 1.54) is 6.07 Å². The number of nitrogens with two attached hydrogens (primary N) is 1. The van der Waals surface area contributed by atoms with Gasteiger partial charge in [-0.15, -0.1) is 0 Å². The second-order valence-electron chi connectivity index (χ2n) is 4.38. The molecule has 0 heterocycles. The van der Waals surface area contributed by atoms with Crippen LogP contribution in [0.5, 0.6) is 0 Å². The summed E-state index contributed by atoms with van der Waals surface area (Å²) in [5.41, 5.74) is 6.36. The molecule has 2 amide bonds. The maximum absolute atomic E-state index is 12.3. The Labute approximate surface area is 137 Å². The fourth-order valence-electron chi connectivity index (χ4n) is 1.77. The molecule has 0 aliphatic rings. The molecule has 0 aliphatic carbocycles. The van der Waals surface area contributed by atoms with E-state index in [-0.39, 0.29) is 6.54 Å². The first-order valence-electron chi connectivity index (χ1n) is 6.36. The Morgan fingerprint density at radius 3 is 2.41 bits per heavy atom. The molecule has 114 valence electrons. The first kappa shape index (κ1) is 16.3. The third-order valence-corrected chi connectivity index (χ3v) is 3.37. The lowest BCUT2D eigenvalue weighted by atomic mass is 10.2. The Morgan fingerprint density at radius 1 is 1.00 bits per heavy atom. The van der Waals surface area contributed by atoms with Crippen molar-refractivity contribution < 1.29 is 9.59 Å². The van der Waals surface area contributed by atoms with Crippen molar-refractivity contribution in [3.63, 3.8) is 0 Å². The van der Waals surface area contributed by atoms with Crippen LogP contribution in [-0.2, 0) is 4.79 Å². The minimum absolute atomic E-state index is 0.176. The molecule has 0 aromatic heterocycles. The molecule has 5 nitrogen and oxygen atoms in total. The summed E-state index contributed by atoms with van der Waals surface area (Å²) in [4.78, 5) is 23.7. The van der Waals surface area contributed by atoms with E-state index in [2.05, 4.69) is 10.6 Å². The lowest BCUT2D eigenvalue weighted by Gasteiger charge is -2.13. The average Bonchev–Trinajstić information content (AvgIpc) is 2.50. The number of carbonyl (C=O) groups excluding carboxylic acids is 2. The molecule has 7 heteroatoms. The van der Waals surface area contributed by atoms with Crippen LogP contribution >= 0.6 is 23.2 Å². The first-order valence-corrected chi connectivity index (χ1v) is 7.12. The number of hydrogen-bond acceptors (Lipinski definition) is 3. The topological polar surface area (TPSA) is 84.2 Å². The highest BCUT2D eigenvalue weighted by Crippen LogP contribution is 2.27. The smallest absolute Gasteiger partial charge is 0.257 e. The first-order chi connectivity index (χ1) is 10.5. The Bertz CT molecular complexity index is 720. The van der Waals surface area contributed by atoms with Crippen molar-refractivity contribution in [1.29, 1.82) is 0 Å².